The number of benzene rings is 1. The second-order valence-corrected chi connectivity index (χ2v) is 5.13. The van der Waals surface area contributed by atoms with E-state index < -0.39 is 12.6 Å². The highest BCUT2D eigenvalue weighted by atomic mass is 32.1. The van der Waals surface area contributed by atoms with E-state index in [0.717, 1.165) is 11.5 Å². The molecule has 8 heteroatoms. The Morgan fingerprint density at radius 3 is 2.86 bits per heavy atom. The summed E-state index contributed by atoms with van der Waals surface area (Å²) >= 11 is 1.16. The van der Waals surface area contributed by atoms with Crippen LogP contribution in [0, 0.1) is 0 Å². The minimum absolute atomic E-state index is 0.205. The molecule has 2 aromatic rings. The van der Waals surface area contributed by atoms with Crippen LogP contribution in [0.25, 0.3) is 0 Å². The Hall–Kier alpha value is -1.67. The van der Waals surface area contributed by atoms with Gasteiger partial charge in [-0.05, 0) is 17.7 Å². The third-order valence-corrected chi connectivity index (χ3v) is 3.25. The number of hydrogen-bond acceptors (Lipinski definition) is 5. The lowest BCUT2D eigenvalue weighted by Gasteiger charge is -2.08. The molecule has 1 aromatic heterocycles. The van der Waals surface area contributed by atoms with Gasteiger partial charge in [0.2, 0.25) is 5.13 Å². The Balaban J connectivity index is 2.02. The van der Waals surface area contributed by atoms with Crippen molar-refractivity contribution in [2.24, 2.45) is 0 Å². The van der Waals surface area contributed by atoms with E-state index in [1.807, 2.05) is 0 Å². The Morgan fingerprint density at radius 1 is 1.33 bits per heavy atom. The van der Waals surface area contributed by atoms with Crippen LogP contribution in [0.5, 0.6) is 0 Å². The van der Waals surface area contributed by atoms with Crippen molar-refractivity contribution in [2.45, 2.75) is 19.0 Å². The highest BCUT2D eigenvalue weighted by Crippen LogP contribution is 2.24. The van der Waals surface area contributed by atoms with Crippen LogP contribution in [-0.4, -0.2) is 29.3 Å². The first-order valence-corrected chi connectivity index (χ1v) is 6.98. The topological polar surface area (TPSA) is 47.0 Å². The first-order valence-electron chi connectivity index (χ1n) is 6.20. The van der Waals surface area contributed by atoms with Gasteiger partial charge in [0, 0.05) is 30.8 Å². The van der Waals surface area contributed by atoms with E-state index in [-0.39, 0.29) is 5.56 Å². The summed E-state index contributed by atoms with van der Waals surface area (Å²) < 4.78 is 46.2. The second kappa shape index (κ2) is 6.86. The molecule has 0 radical (unpaired) electrons. The molecule has 0 atom stereocenters. The van der Waals surface area contributed by atoms with E-state index in [1.54, 1.807) is 19.2 Å². The van der Waals surface area contributed by atoms with Gasteiger partial charge in [-0.25, -0.2) is 4.98 Å². The van der Waals surface area contributed by atoms with Crippen LogP contribution in [0.15, 0.2) is 24.3 Å². The van der Waals surface area contributed by atoms with Crippen molar-refractivity contribution in [1.29, 1.82) is 0 Å². The standard InChI is InChI=1S/C13H14F3N3OS/c1-20-6-5-11-18-12(21-19-11)17-10-4-2-3-9(7-10)8-13(14,15)16/h2-4,7H,5-6,8H2,1H3,(H,17,18,19). The van der Waals surface area contributed by atoms with Crippen LogP contribution in [-0.2, 0) is 17.6 Å². The zero-order valence-electron chi connectivity index (χ0n) is 11.3. The fourth-order valence-corrected chi connectivity index (χ4v) is 2.35. The van der Waals surface area contributed by atoms with Gasteiger partial charge in [0.05, 0.1) is 13.0 Å². The van der Waals surface area contributed by atoms with Crippen molar-refractivity contribution in [2.75, 3.05) is 19.0 Å². The van der Waals surface area contributed by atoms with Gasteiger partial charge in [-0.1, -0.05) is 12.1 Å². The van der Waals surface area contributed by atoms with Gasteiger partial charge in [-0.3, -0.25) is 0 Å². The minimum Gasteiger partial charge on any atom is -0.384 e. The zero-order valence-corrected chi connectivity index (χ0v) is 12.1. The molecule has 0 aliphatic carbocycles. The van der Waals surface area contributed by atoms with E-state index in [0.29, 0.717) is 29.7 Å². The number of nitrogens with one attached hydrogen (secondary N) is 1. The predicted octanol–water partition coefficient (Wildman–Crippen LogP) is 3.58. The second-order valence-electron chi connectivity index (χ2n) is 4.38. The minimum atomic E-state index is -4.21. The molecular weight excluding hydrogens is 303 g/mol. The monoisotopic (exact) mass is 317 g/mol. The molecule has 1 aromatic carbocycles. The van der Waals surface area contributed by atoms with Crippen LogP contribution < -0.4 is 5.32 Å². The molecule has 114 valence electrons. The van der Waals surface area contributed by atoms with Crippen molar-refractivity contribution < 1.29 is 17.9 Å². The largest absolute Gasteiger partial charge is 0.393 e. The summed E-state index contributed by atoms with van der Waals surface area (Å²) in [6, 6.07) is 6.18. The average molecular weight is 317 g/mol. The fourth-order valence-electron chi connectivity index (χ4n) is 1.71. The summed E-state index contributed by atoms with van der Waals surface area (Å²) in [5.74, 6) is 0.649. The number of rotatable bonds is 6. The van der Waals surface area contributed by atoms with E-state index in [4.69, 9.17) is 4.74 Å². The van der Waals surface area contributed by atoms with Crippen LogP contribution >= 0.6 is 11.5 Å². The third-order valence-electron chi connectivity index (χ3n) is 2.58. The molecule has 4 nitrogen and oxygen atoms in total. The lowest BCUT2D eigenvalue weighted by molar-refractivity contribution is -0.127. The normalized spacial score (nSPS) is 11.6. The molecule has 21 heavy (non-hydrogen) atoms. The first-order chi connectivity index (χ1) is 9.96. The number of hydrogen-bond donors (Lipinski definition) is 1. The van der Waals surface area contributed by atoms with Gasteiger partial charge in [-0.15, -0.1) is 0 Å². The zero-order chi connectivity index (χ0) is 15.3. The smallest absolute Gasteiger partial charge is 0.384 e. The molecule has 1 N–H and O–H groups in total. The fraction of sp³-hybridized carbons (Fsp3) is 0.385. The highest BCUT2D eigenvalue weighted by Gasteiger charge is 2.27. The number of nitrogens with zero attached hydrogens (tertiary/aromatic N) is 2. The molecule has 0 amide bonds. The predicted molar refractivity (Wildman–Crippen MR) is 75.0 cm³/mol. The molecule has 0 bridgehead atoms. The summed E-state index contributed by atoms with van der Waals surface area (Å²) in [7, 11) is 1.59. The molecule has 0 fully saturated rings. The number of aromatic nitrogens is 2. The van der Waals surface area contributed by atoms with Crippen molar-refractivity contribution in [3.63, 3.8) is 0 Å². The van der Waals surface area contributed by atoms with Gasteiger partial charge >= 0.3 is 6.18 Å². The van der Waals surface area contributed by atoms with Crippen molar-refractivity contribution >= 4 is 22.4 Å². The van der Waals surface area contributed by atoms with Crippen molar-refractivity contribution in [3.05, 3.63) is 35.7 Å². The average Bonchev–Trinajstić information content (AvgIpc) is 2.82. The Kier molecular flexibility index (Phi) is 5.13. The number of halogens is 3. The Bertz CT molecular complexity index is 586. The molecule has 1 heterocycles. The highest BCUT2D eigenvalue weighted by molar-refractivity contribution is 7.09. The lowest BCUT2D eigenvalue weighted by Crippen LogP contribution is -2.11. The summed E-state index contributed by atoms with van der Waals surface area (Å²) in [6.45, 7) is 0.525. The molecule has 2 rings (SSSR count). The summed E-state index contributed by atoms with van der Waals surface area (Å²) in [4.78, 5) is 4.24. The van der Waals surface area contributed by atoms with E-state index in [2.05, 4.69) is 14.7 Å². The quantitative estimate of drug-likeness (QED) is 0.885. The molecular formula is C13H14F3N3OS. The van der Waals surface area contributed by atoms with E-state index >= 15 is 0 Å². The van der Waals surface area contributed by atoms with E-state index in [9.17, 15) is 13.2 Å². The maximum absolute atomic E-state index is 12.4. The lowest BCUT2D eigenvalue weighted by atomic mass is 10.1. The summed E-state index contributed by atoms with van der Waals surface area (Å²) in [6.07, 6.45) is -4.56. The maximum atomic E-state index is 12.4. The van der Waals surface area contributed by atoms with Gasteiger partial charge in [-0.2, -0.15) is 17.5 Å². The number of anilines is 2. The molecule has 0 saturated carbocycles. The van der Waals surface area contributed by atoms with Gasteiger partial charge < -0.3 is 10.1 Å². The van der Waals surface area contributed by atoms with Crippen LogP contribution in [0.1, 0.15) is 11.4 Å². The van der Waals surface area contributed by atoms with Gasteiger partial charge in [0.25, 0.3) is 0 Å². The summed E-state index contributed by atoms with van der Waals surface area (Å²) in [5, 5.41) is 3.51. The molecule has 0 spiro atoms. The number of alkyl halides is 3. The Labute approximate surface area is 124 Å². The molecule has 0 saturated heterocycles. The molecule has 0 aliphatic heterocycles. The number of methoxy groups -OCH3 is 1. The van der Waals surface area contributed by atoms with Crippen molar-refractivity contribution in [3.8, 4) is 0 Å². The van der Waals surface area contributed by atoms with Crippen LogP contribution in [0.3, 0.4) is 0 Å². The maximum Gasteiger partial charge on any atom is 0.393 e. The van der Waals surface area contributed by atoms with Crippen LogP contribution in [0.2, 0.25) is 0 Å². The Morgan fingerprint density at radius 2 is 2.14 bits per heavy atom. The molecule has 0 aliphatic rings. The summed E-state index contributed by atoms with van der Waals surface area (Å²) in [5.41, 5.74) is 0.766. The SMILES string of the molecule is COCCc1nsc(Nc2cccc(CC(F)(F)F)c2)n1. The molecule has 0 unspecified atom stereocenters. The number of ether oxygens (including phenoxy) is 1. The van der Waals surface area contributed by atoms with Crippen molar-refractivity contribution in [1.82, 2.24) is 9.36 Å². The third kappa shape index (κ3) is 5.31. The van der Waals surface area contributed by atoms with E-state index in [1.165, 1.54) is 12.1 Å². The van der Waals surface area contributed by atoms with Crippen LogP contribution in [0.4, 0.5) is 24.0 Å². The first kappa shape index (κ1) is 15.7. The van der Waals surface area contributed by atoms with Gasteiger partial charge in [0.1, 0.15) is 5.82 Å². The van der Waals surface area contributed by atoms with Gasteiger partial charge in [0.15, 0.2) is 0 Å².